The van der Waals surface area contributed by atoms with Gasteiger partial charge in [0, 0.05) is 36.5 Å². The SMILES string of the molecule is O=C(NCCn1nc([C@H]2CCCNC2)c2cccnc21)C1CC1. The van der Waals surface area contributed by atoms with E-state index >= 15 is 0 Å². The molecule has 0 spiro atoms. The van der Waals surface area contributed by atoms with Crippen LogP contribution in [0.25, 0.3) is 11.0 Å². The van der Waals surface area contributed by atoms with Gasteiger partial charge in [0.2, 0.25) is 5.91 Å². The van der Waals surface area contributed by atoms with E-state index < -0.39 is 0 Å². The van der Waals surface area contributed by atoms with Crippen molar-refractivity contribution >= 4 is 16.9 Å². The molecular weight excluding hydrogens is 290 g/mol. The van der Waals surface area contributed by atoms with E-state index in [0.29, 0.717) is 19.0 Å². The van der Waals surface area contributed by atoms with Gasteiger partial charge >= 0.3 is 0 Å². The number of carbonyl (C=O) groups excluding carboxylic acids is 1. The summed E-state index contributed by atoms with van der Waals surface area (Å²) in [6.07, 6.45) is 6.25. The lowest BCUT2D eigenvalue weighted by atomic mass is 9.94. The molecule has 0 bridgehead atoms. The number of rotatable bonds is 5. The van der Waals surface area contributed by atoms with Gasteiger partial charge in [0.05, 0.1) is 12.2 Å². The Labute approximate surface area is 135 Å². The number of piperidine rings is 1. The van der Waals surface area contributed by atoms with Crippen LogP contribution < -0.4 is 10.6 Å². The van der Waals surface area contributed by atoms with Crippen molar-refractivity contribution in [2.75, 3.05) is 19.6 Å². The lowest BCUT2D eigenvalue weighted by Gasteiger charge is -2.21. The number of nitrogens with one attached hydrogen (secondary N) is 2. The van der Waals surface area contributed by atoms with Crippen LogP contribution in [0.1, 0.15) is 37.3 Å². The van der Waals surface area contributed by atoms with Gasteiger partial charge in [0.25, 0.3) is 0 Å². The highest BCUT2D eigenvalue weighted by Crippen LogP contribution is 2.29. The molecule has 2 N–H and O–H groups in total. The van der Waals surface area contributed by atoms with Crippen molar-refractivity contribution in [3.63, 3.8) is 0 Å². The molecule has 2 aromatic heterocycles. The fourth-order valence-electron chi connectivity index (χ4n) is 3.35. The molecule has 6 nitrogen and oxygen atoms in total. The predicted octanol–water partition coefficient (Wildman–Crippen LogP) is 1.42. The minimum Gasteiger partial charge on any atom is -0.354 e. The maximum atomic E-state index is 11.7. The maximum Gasteiger partial charge on any atom is 0.223 e. The quantitative estimate of drug-likeness (QED) is 0.876. The molecule has 4 rings (SSSR count). The third-order valence-corrected chi connectivity index (χ3v) is 4.79. The molecule has 1 saturated heterocycles. The summed E-state index contributed by atoms with van der Waals surface area (Å²) in [6.45, 7) is 3.37. The number of hydrogen-bond donors (Lipinski definition) is 2. The van der Waals surface area contributed by atoms with Crippen LogP contribution in [-0.4, -0.2) is 40.3 Å². The Hall–Kier alpha value is -1.95. The highest BCUT2D eigenvalue weighted by atomic mass is 16.2. The molecule has 0 aromatic carbocycles. The van der Waals surface area contributed by atoms with Gasteiger partial charge in [-0.15, -0.1) is 0 Å². The summed E-state index contributed by atoms with van der Waals surface area (Å²) in [5.41, 5.74) is 2.07. The van der Waals surface area contributed by atoms with Crippen molar-refractivity contribution in [1.82, 2.24) is 25.4 Å². The normalized spacial score (nSPS) is 21.5. The van der Waals surface area contributed by atoms with E-state index in [1.807, 2.05) is 16.9 Å². The smallest absolute Gasteiger partial charge is 0.223 e. The largest absolute Gasteiger partial charge is 0.354 e. The zero-order valence-electron chi connectivity index (χ0n) is 13.3. The van der Waals surface area contributed by atoms with E-state index in [0.717, 1.165) is 42.7 Å². The third kappa shape index (κ3) is 3.08. The highest BCUT2D eigenvalue weighted by Gasteiger charge is 2.29. The molecule has 2 aromatic rings. The van der Waals surface area contributed by atoms with E-state index in [1.165, 1.54) is 12.8 Å². The molecule has 2 fully saturated rings. The molecular formula is C17H23N5O. The first kappa shape index (κ1) is 14.6. The van der Waals surface area contributed by atoms with E-state index in [4.69, 9.17) is 5.10 Å². The topological polar surface area (TPSA) is 71.8 Å². The van der Waals surface area contributed by atoms with Gasteiger partial charge in [0.15, 0.2) is 5.65 Å². The summed E-state index contributed by atoms with van der Waals surface area (Å²) in [4.78, 5) is 16.3. The van der Waals surface area contributed by atoms with Crippen LogP contribution in [-0.2, 0) is 11.3 Å². The van der Waals surface area contributed by atoms with Crippen LogP contribution in [0.2, 0.25) is 0 Å². The summed E-state index contributed by atoms with van der Waals surface area (Å²) < 4.78 is 1.95. The van der Waals surface area contributed by atoms with Gasteiger partial charge < -0.3 is 10.6 Å². The number of carbonyl (C=O) groups is 1. The summed E-state index contributed by atoms with van der Waals surface area (Å²) in [6, 6.07) is 4.08. The van der Waals surface area contributed by atoms with Crippen molar-refractivity contribution in [3.8, 4) is 0 Å². The van der Waals surface area contributed by atoms with Crippen molar-refractivity contribution < 1.29 is 4.79 Å². The zero-order valence-corrected chi connectivity index (χ0v) is 13.3. The molecule has 122 valence electrons. The molecule has 1 atom stereocenters. The standard InChI is InChI=1S/C17H23N5O/c23-17(12-5-6-12)20-9-10-22-16-14(4-2-8-19-16)15(21-22)13-3-1-7-18-11-13/h2,4,8,12-13,18H,1,3,5-7,9-11H2,(H,20,23)/t13-/m0/s1. The first-order valence-electron chi connectivity index (χ1n) is 8.63. The second-order valence-electron chi connectivity index (χ2n) is 6.59. The monoisotopic (exact) mass is 313 g/mol. The third-order valence-electron chi connectivity index (χ3n) is 4.79. The molecule has 1 aliphatic heterocycles. The molecule has 2 aliphatic rings. The van der Waals surface area contributed by atoms with Crippen LogP contribution in [0.3, 0.4) is 0 Å². The first-order chi connectivity index (χ1) is 11.3. The number of pyridine rings is 1. The van der Waals surface area contributed by atoms with E-state index in [1.54, 1.807) is 0 Å². The fraction of sp³-hybridized carbons (Fsp3) is 0.588. The van der Waals surface area contributed by atoms with Gasteiger partial charge in [-0.3, -0.25) is 4.79 Å². The van der Waals surface area contributed by atoms with E-state index in [-0.39, 0.29) is 11.8 Å². The first-order valence-corrected chi connectivity index (χ1v) is 8.63. The van der Waals surface area contributed by atoms with Crippen molar-refractivity contribution in [3.05, 3.63) is 24.0 Å². The highest BCUT2D eigenvalue weighted by molar-refractivity contribution is 5.81. The van der Waals surface area contributed by atoms with E-state index in [2.05, 4.69) is 21.7 Å². The molecule has 23 heavy (non-hydrogen) atoms. The van der Waals surface area contributed by atoms with Gasteiger partial charge in [-0.25, -0.2) is 9.67 Å². The molecule has 6 heteroatoms. The molecule has 1 aliphatic carbocycles. The van der Waals surface area contributed by atoms with Gasteiger partial charge in [0.1, 0.15) is 0 Å². The van der Waals surface area contributed by atoms with Crippen molar-refractivity contribution in [2.24, 2.45) is 5.92 Å². The maximum absolute atomic E-state index is 11.7. The van der Waals surface area contributed by atoms with Gasteiger partial charge in [-0.1, -0.05) is 0 Å². The fourth-order valence-corrected chi connectivity index (χ4v) is 3.35. The summed E-state index contributed by atoms with van der Waals surface area (Å²) in [5, 5.41) is 12.4. The molecule has 1 saturated carbocycles. The number of nitrogens with zero attached hydrogens (tertiary/aromatic N) is 3. The Kier molecular flexibility index (Phi) is 3.99. The van der Waals surface area contributed by atoms with Gasteiger partial charge in [-0.05, 0) is 44.4 Å². The van der Waals surface area contributed by atoms with Crippen LogP contribution in [0, 0.1) is 5.92 Å². The lowest BCUT2D eigenvalue weighted by molar-refractivity contribution is -0.122. The van der Waals surface area contributed by atoms with Crippen LogP contribution in [0.4, 0.5) is 0 Å². The predicted molar refractivity (Wildman–Crippen MR) is 88.1 cm³/mol. The number of aromatic nitrogens is 3. The Morgan fingerprint density at radius 3 is 3.09 bits per heavy atom. The Morgan fingerprint density at radius 1 is 1.39 bits per heavy atom. The zero-order chi connectivity index (χ0) is 15.6. The number of amides is 1. The second kappa shape index (κ2) is 6.28. The molecule has 0 unspecified atom stereocenters. The summed E-state index contributed by atoms with van der Waals surface area (Å²) in [7, 11) is 0. The van der Waals surface area contributed by atoms with Crippen LogP contribution >= 0.6 is 0 Å². The Balaban J connectivity index is 1.52. The summed E-state index contributed by atoms with van der Waals surface area (Å²) >= 11 is 0. The molecule has 1 amide bonds. The average Bonchev–Trinajstić information content (AvgIpc) is 3.39. The second-order valence-corrected chi connectivity index (χ2v) is 6.59. The lowest BCUT2D eigenvalue weighted by Crippen LogP contribution is -2.29. The number of fused-ring (bicyclic) bond motifs is 1. The molecule has 3 heterocycles. The van der Waals surface area contributed by atoms with Crippen molar-refractivity contribution in [2.45, 2.75) is 38.1 Å². The minimum absolute atomic E-state index is 0.186. The minimum atomic E-state index is 0.186. The molecule has 0 radical (unpaired) electrons. The Morgan fingerprint density at radius 2 is 2.30 bits per heavy atom. The average molecular weight is 313 g/mol. The van der Waals surface area contributed by atoms with Crippen molar-refractivity contribution in [1.29, 1.82) is 0 Å². The Bertz CT molecular complexity index is 700. The van der Waals surface area contributed by atoms with E-state index in [9.17, 15) is 4.79 Å². The summed E-state index contributed by atoms with van der Waals surface area (Å²) in [5.74, 6) is 0.898. The van der Waals surface area contributed by atoms with Crippen LogP contribution in [0.15, 0.2) is 18.3 Å². The van der Waals surface area contributed by atoms with Gasteiger partial charge in [-0.2, -0.15) is 5.10 Å². The number of hydrogen-bond acceptors (Lipinski definition) is 4. The van der Waals surface area contributed by atoms with Crippen LogP contribution in [0.5, 0.6) is 0 Å².